The number of rotatable bonds is 10. The summed E-state index contributed by atoms with van der Waals surface area (Å²) in [6.07, 6.45) is 1.19. The first-order valence-corrected chi connectivity index (χ1v) is 7.54. The quantitative estimate of drug-likeness (QED) is 0.428. The van der Waals surface area contributed by atoms with Crippen LogP contribution in [0.25, 0.3) is 0 Å². The average molecular weight is 292 g/mol. The zero-order chi connectivity index (χ0) is 15.0. The second-order valence-corrected chi connectivity index (χ2v) is 5.34. The van der Waals surface area contributed by atoms with Crippen molar-refractivity contribution in [2.24, 2.45) is 0 Å². The van der Waals surface area contributed by atoms with E-state index in [0.29, 0.717) is 6.61 Å². The highest BCUT2D eigenvalue weighted by molar-refractivity contribution is 4.90. The zero-order valence-electron chi connectivity index (χ0n) is 12.1. The zero-order valence-corrected chi connectivity index (χ0v) is 12.1. The third-order valence-electron chi connectivity index (χ3n) is 3.60. The summed E-state index contributed by atoms with van der Waals surface area (Å²) in [5.74, 6) is 0. The molecule has 1 saturated heterocycles. The van der Waals surface area contributed by atoms with Gasteiger partial charge < -0.3 is 29.9 Å². The Kier molecular flexibility index (Phi) is 8.60. The van der Waals surface area contributed by atoms with Crippen LogP contribution in [0.1, 0.15) is 45.4 Å². The molecule has 6 heteroatoms. The molecule has 0 aromatic rings. The fourth-order valence-corrected chi connectivity index (χ4v) is 2.31. The van der Waals surface area contributed by atoms with E-state index in [1.165, 1.54) is 25.7 Å². The lowest BCUT2D eigenvalue weighted by atomic mass is 10.1. The number of ether oxygens (including phenoxy) is 2. The summed E-state index contributed by atoms with van der Waals surface area (Å²) in [5.41, 5.74) is 0. The predicted octanol–water partition coefficient (Wildman–Crippen LogP) is 0.163. The van der Waals surface area contributed by atoms with Gasteiger partial charge in [0.1, 0.15) is 24.4 Å². The molecular formula is C14H28O6. The summed E-state index contributed by atoms with van der Waals surface area (Å²) >= 11 is 0. The minimum absolute atomic E-state index is 0.447. The molecule has 0 bridgehead atoms. The van der Waals surface area contributed by atoms with Gasteiger partial charge in [-0.3, -0.25) is 0 Å². The molecule has 1 heterocycles. The molecule has 120 valence electrons. The smallest absolute Gasteiger partial charge is 0.186 e. The molecule has 0 aliphatic carbocycles. The first-order chi connectivity index (χ1) is 9.61. The molecule has 1 aliphatic heterocycles. The Morgan fingerprint density at radius 1 is 1.05 bits per heavy atom. The fourth-order valence-electron chi connectivity index (χ4n) is 2.31. The van der Waals surface area contributed by atoms with Gasteiger partial charge in [0.2, 0.25) is 0 Å². The average Bonchev–Trinajstić information content (AvgIpc) is 2.74. The second kappa shape index (κ2) is 9.65. The van der Waals surface area contributed by atoms with Gasteiger partial charge in [0, 0.05) is 6.61 Å². The van der Waals surface area contributed by atoms with Crippen molar-refractivity contribution in [2.45, 2.75) is 76.2 Å². The van der Waals surface area contributed by atoms with Crippen LogP contribution in [0.5, 0.6) is 0 Å². The van der Waals surface area contributed by atoms with Gasteiger partial charge >= 0.3 is 0 Å². The van der Waals surface area contributed by atoms with Crippen molar-refractivity contribution in [3.8, 4) is 0 Å². The molecule has 1 aliphatic rings. The van der Waals surface area contributed by atoms with Crippen molar-refractivity contribution in [1.29, 1.82) is 0 Å². The Hall–Kier alpha value is -0.240. The van der Waals surface area contributed by atoms with Crippen LogP contribution >= 0.6 is 0 Å². The molecule has 0 saturated carbocycles. The standard InChI is InChI=1S/C14H28O6/c1-2-3-4-5-6-7-8-19-14-12(18)11(17)13(20-14)10(16)9-15/h10-18H,2-9H2,1H3/t10-,11-,12-,13-,14-/m1/s1. The summed E-state index contributed by atoms with van der Waals surface area (Å²) in [6.45, 7) is 2.09. The van der Waals surface area contributed by atoms with Crippen molar-refractivity contribution < 1.29 is 29.9 Å². The number of aliphatic hydroxyl groups is 4. The normalized spacial score (nSPS) is 31.6. The van der Waals surface area contributed by atoms with E-state index in [0.717, 1.165) is 12.8 Å². The van der Waals surface area contributed by atoms with E-state index in [2.05, 4.69) is 6.92 Å². The predicted molar refractivity (Wildman–Crippen MR) is 73.1 cm³/mol. The van der Waals surface area contributed by atoms with Crippen LogP contribution in [0, 0.1) is 0 Å². The molecule has 4 N–H and O–H groups in total. The van der Waals surface area contributed by atoms with Gasteiger partial charge in [0.15, 0.2) is 6.29 Å². The van der Waals surface area contributed by atoms with Crippen molar-refractivity contribution in [3.63, 3.8) is 0 Å². The molecule has 0 aromatic heterocycles. The molecular weight excluding hydrogens is 264 g/mol. The van der Waals surface area contributed by atoms with Gasteiger partial charge in [-0.2, -0.15) is 0 Å². The first kappa shape index (κ1) is 17.8. The molecule has 0 aromatic carbocycles. The largest absolute Gasteiger partial charge is 0.394 e. The third-order valence-corrected chi connectivity index (χ3v) is 3.60. The molecule has 6 nitrogen and oxygen atoms in total. The highest BCUT2D eigenvalue weighted by Crippen LogP contribution is 2.24. The highest BCUT2D eigenvalue weighted by Gasteiger charge is 2.46. The van der Waals surface area contributed by atoms with Crippen LogP contribution in [-0.4, -0.2) is 64.3 Å². The Labute approximate surface area is 120 Å². The Bertz CT molecular complexity index is 250. The second-order valence-electron chi connectivity index (χ2n) is 5.34. The summed E-state index contributed by atoms with van der Waals surface area (Å²) in [4.78, 5) is 0. The number of aliphatic hydroxyl groups excluding tert-OH is 4. The Morgan fingerprint density at radius 3 is 2.35 bits per heavy atom. The maximum Gasteiger partial charge on any atom is 0.186 e. The maximum absolute atomic E-state index is 9.75. The van der Waals surface area contributed by atoms with Crippen LogP contribution in [0.4, 0.5) is 0 Å². The van der Waals surface area contributed by atoms with Gasteiger partial charge in [0.05, 0.1) is 6.61 Å². The maximum atomic E-state index is 9.75. The lowest BCUT2D eigenvalue weighted by molar-refractivity contribution is -0.181. The molecule has 1 rings (SSSR count). The third kappa shape index (κ3) is 5.27. The van der Waals surface area contributed by atoms with Crippen LogP contribution < -0.4 is 0 Å². The molecule has 0 unspecified atom stereocenters. The fraction of sp³-hybridized carbons (Fsp3) is 1.00. The van der Waals surface area contributed by atoms with Crippen molar-refractivity contribution >= 4 is 0 Å². The molecule has 5 atom stereocenters. The van der Waals surface area contributed by atoms with Gasteiger partial charge in [-0.25, -0.2) is 0 Å². The van der Waals surface area contributed by atoms with Crippen LogP contribution in [0.3, 0.4) is 0 Å². The SMILES string of the molecule is CCCCCCCCO[C@@H]1O[C@H]([C@H](O)CO)[C@H](O)[C@H]1O. The summed E-state index contributed by atoms with van der Waals surface area (Å²) in [7, 11) is 0. The van der Waals surface area contributed by atoms with E-state index in [-0.39, 0.29) is 0 Å². The number of hydrogen-bond donors (Lipinski definition) is 4. The van der Waals surface area contributed by atoms with Crippen molar-refractivity contribution in [3.05, 3.63) is 0 Å². The minimum Gasteiger partial charge on any atom is -0.394 e. The molecule has 1 fully saturated rings. The molecule has 0 radical (unpaired) electrons. The van der Waals surface area contributed by atoms with Gasteiger partial charge in [-0.05, 0) is 6.42 Å². The Balaban J connectivity index is 2.17. The lowest BCUT2D eigenvalue weighted by Crippen LogP contribution is -2.40. The molecule has 0 amide bonds. The summed E-state index contributed by atoms with van der Waals surface area (Å²) in [5, 5.41) is 37.7. The van der Waals surface area contributed by atoms with E-state index in [1.807, 2.05) is 0 Å². The van der Waals surface area contributed by atoms with Crippen LogP contribution in [0.15, 0.2) is 0 Å². The van der Waals surface area contributed by atoms with E-state index in [9.17, 15) is 15.3 Å². The first-order valence-electron chi connectivity index (χ1n) is 7.54. The topological polar surface area (TPSA) is 99.4 Å². The van der Waals surface area contributed by atoms with Gasteiger partial charge in [-0.15, -0.1) is 0 Å². The summed E-state index contributed by atoms with van der Waals surface area (Å²) < 4.78 is 10.6. The van der Waals surface area contributed by atoms with Gasteiger partial charge in [-0.1, -0.05) is 39.0 Å². The number of hydrogen-bond acceptors (Lipinski definition) is 6. The molecule has 20 heavy (non-hydrogen) atoms. The lowest BCUT2D eigenvalue weighted by Gasteiger charge is -2.18. The number of unbranched alkanes of at least 4 members (excludes halogenated alkanes) is 5. The van der Waals surface area contributed by atoms with E-state index in [1.54, 1.807) is 0 Å². The molecule has 0 spiro atoms. The minimum atomic E-state index is -1.24. The van der Waals surface area contributed by atoms with Crippen molar-refractivity contribution in [2.75, 3.05) is 13.2 Å². The highest BCUT2D eigenvalue weighted by atomic mass is 16.7. The van der Waals surface area contributed by atoms with E-state index in [4.69, 9.17) is 14.6 Å². The van der Waals surface area contributed by atoms with Crippen molar-refractivity contribution in [1.82, 2.24) is 0 Å². The van der Waals surface area contributed by atoms with Gasteiger partial charge in [0.25, 0.3) is 0 Å². The van der Waals surface area contributed by atoms with Crippen LogP contribution in [-0.2, 0) is 9.47 Å². The monoisotopic (exact) mass is 292 g/mol. The van der Waals surface area contributed by atoms with Crippen LogP contribution in [0.2, 0.25) is 0 Å². The Morgan fingerprint density at radius 2 is 1.70 bits per heavy atom. The summed E-state index contributed by atoms with van der Waals surface area (Å²) in [6, 6.07) is 0. The van der Waals surface area contributed by atoms with E-state index < -0.39 is 37.3 Å². The van der Waals surface area contributed by atoms with E-state index >= 15 is 0 Å².